The van der Waals surface area contributed by atoms with Gasteiger partial charge in [0.2, 0.25) is 0 Å². The lowest BCUT2D eigenvalue weighted by Gasteiger charge is -2.32. The maximum Gasteiger partial charge on any atom is 0.136 e. The van der Waals surface area contributed by atoms with Crippen LogP contribution in [0.5, 0.6) is 0 Å². The molecule has 0 aromatic heterocycles. The first kappa shape index (κ1) is 18.4. The van der Waals surface area contributed by atoms with Crippen molar-refractivity contribution in [2.75, 3.05) is 0 Å². The minimum atomic E-state index is -2.18. The zero-order valence-corrected chi connectivity index (χ0v) is 16.5. The summed E-state index contributed by atoms with van der Waals surface area (Å²) in [5, 5.41) is 16.8. The predicted octanol–water partition coefficient (Wildman–Crippen LogP) is 4.23. The van der Waals surface area contributed by atoms with Crippen molar-refractivity contribution in [3.05, 3.63) is 103 Å². The summed E-state index contributed by atoms with van der Waals surface area (Å²) >= 11 is 0. The first-order chi connectivity index (χ1) is 12.4. The molecule has 0 atom stereocenters. The average Bonchev–Trinajstić information content (AvgIpc) is 2.67. The molecular weight excluding hydrogens is 335 g/mol. The van der Waals surface area contributed by atoms with Crippen LogP contribution in [0.2, 0.25) is 0 Å². The van der Waals surface area contributed by atoms with Gasteiger partial charge in [0, 0.05) is 0 Å². The topological polar surface area (TPSA) is 23.1 Å². The van der Waals surface area contributed by atoms with Crippen LogP contribution < -0.4 is 21.0 Å². The Morgan fingerprint density at radius 2 is 0.962 bits per heavy atom. The van der Waals surface area contributed by atoms with Gasteiger partial charge in [-0.25, -0.2) is 0 Å². The Morgan fingerprint density at radius 3 is 1.23 bits per heavy atom. The third-order valence-corrected chi connectivity index (χ3v) is 8.50. The summed E-state index contributed by atoms with van der Waals surface area (Å²) in [6.45, 7) is 5.96. The number of allylic oxidation sites excluding steroid dienone is 1. The third kappa shape index (κ3) is 3.59. The van der Waals surface area contributed by atoms with Gasteiger partial charge < -0.3 is 5.11 Å². The molecule has 3 aromatic carbocycles. The Morgan fingerprint density at radius 1 is 0.654 bits per heavy atom. The van der Waals surface area contributed by atoms with Crippen molar-refractivity contribution in [1.29, 1.82) is 0 Å². The molecule has 0 saturated carbocycles. The highest BCUT2D eigenvalue weighted by Crippen LogP contribution is 2.58. The van der Waals surface area contributed by atoms with Crippen molar-refractivity contribution in [2.45, 2.75) is 20.8 Å². The molecule has 0 amide bonds. The molecule has 0 spiro atoms. The van der Waals surface area contributed by atoms with Crippen LogP contribution in [-0.2, 0) is 0 Å². The predicted molar refractivity (Wildman–Crippen MR) is 113 cm³/mol. The molecular formula is C24H25OP. The Balaban J connectivity index is 2.40. The van der Waals surface area contributed by atoms with Crippen molar-refractivity contribution in [1.82, 2.24) is 0 Å². The van der Waals surface area contributed by atoms with Crippen molar-refractivity contribution in [3.8, 4) is 0 Å². The minimum Gasteiger partial charge on any atom is -0.873 e. The fourth-order valence-corrected chi connectivity index (χ4v) is 7.04. The Bertz CT molecular complexity index is 766. The van der Waals surface area contributed by atoms with Gasteiger partial charge in [0.05, 0.1) is 5.82 Å². The normalized spacial score (nSPS) is 12.8. The van der Waals surface area contributed by atoms with E-state index in [1.54, 1.807) is 0 Å². The first-order valence-corrected chi connectivity index (χ1v) is 10.8. The lowest BCUT2D eigenvalue weighted by atomic mass is 9.95. The summed E-state index contributed by atoms with van der Waals surface area (Å²) in [5.74, 6) is 2.20. The highest BCUT2D eigenvalue weighted by atomic mass is 31.2. The van der Waals surface area contributed by atoms with Gasteiger partial charge in [-0.05, 0) is 41.8 Å². The standard InChI is InChI=1S/C24H25OP/c1-24(2,3)23(25)19-26(20-13-7-4-8-14-20,21-15-9-5-10-16-21)22-17-11-6-12-18-22/h4-19H,1-3H3/b23-19-. The van der Waals surface area contributed by atoms with Crippen LogP contribution in [0.4, 0.5) is 0 Å². The molecule has 2 heteroatoms. The van der Waals surface area contributed by atoms with Crippen LogP contribution in [0.1, 0.15) is 20.8 Å². The maximum atomic E-state index is 13.2. The smallest absolute Gasteiger partial charge is 0.136 e. The summed E-state index contributed by atoms with van der Waals surface area (Å²) in [7, 11) is -2.18. The van der Waals surface area contributed by atoms with E-state index in [9.17, 15) is 5.11 Å². The van der Waals surface area contributed by atoms with E-state index in [1.165, 1.54) is 15.9 Å². The molecule has 0 radical (unpaired) electrons. The number of rotatable bonds is 4. The van der Waals surface area contributed by atoms with Crippen molar-refractivity contribution < 1.29 is 5.11 Å². The molecule has 3 aromatic rings. The molecule has 0 unspecified atom stereocenters. The van der Waals surface area contributed by atoms with Crippen molar-refractivity contribution in [3.63, 3.8) is 0 Å². The second kappa shape index (κ2) is 7.48. The zero-order valence-electron chi connectivity index (χ0n) is 15.6. The number of benzene rings is 3. The Kier molecular flexibility index (Phi) is 5.30. The quantitative estimate of drug-likeness (QED) is 0.504. The molecule has 0 aliphatic heterocycles. The minimum absolute atomic E-state index is 0.183. The SMILES string of the molecule is CC(C)(C)/C([O-])=C/[P+](c1ccccc1)(c1ccccc1)c1ccccc1. The maximum absolute atomic E-state index is 13.2. The molecule has 0 aliphatic carbocycles. The zero-order chi connectivity index (χ0) is 18.6. The van der Waals surface area contributed by atoms with Crippen LogP contribution in [0.15, 0.2) is 103 Å². The van der Waals surface area contributed by atoms with E-state index < -0.39 is 12.7 Å². The fraction of sp³-hybridized carbons (Fsp3) is 0.167. The van der Waals surface area contributed by atoms with Gasteiger partial charge in [-0.15, -0.1) is 0 Å². The molecule has 0 bridgehead atoms. The second-order valence-electron chi connectivity index (χ2n) is 7.47. The van der Waals surface area contributed by atoms with Crippen molar-refractivity contribution >= 4 is 23.2 Å². The molecule has 132 valence electrons. The van der Waals surface area contributed by atoms with Gasteiger partial charge in [-0.1, -0.05) is 81.1 Å². The average molecular weight is 360 g/mol. The molecule has 1 nitrogen and oxygen atoms in total. The largest absolute Gasteiger partial charge is 0.873 e. The fourth-order valence-electron chi connectivity index (χ4n) is 3.03. The molecule has 0 saturated heterocycles. The molecule has 0 aliphatic rings. The van der Waals surface area contributed by atoms with E-state index in [2.05, 4.69) is 72.8 Å². The van der Waals surface area contributed by atoms with E-state index in [0.717, 1.165) is 0 Å². The number of hydrogen-bond acceptors (Lipinski definition) is 1. The third-order valence-electron chi connectivity index (χ3n) is 4.54. The van der Waals surface area contributed by atoms with E-state index in [-0.39, 0.29) is 5.76 Å². The summed E-state index contributed by atoms with van der Waals surface area (Å²) in [6, 6.07) is 31.4. The van der Waals surface area contributed by atoms with Gasteiger partial charge in [0.25, 0.3) is 0 Å². The van der Waals surface area contributed by atoms with Crippen LogP contribution in [0, 0.1) is 5.41 Å². The van der Waals surface area contributed by atoms with Gasteiger partial charge in [0.15, 0.2) is 0 Å². The second-order valence-corrected chi connectivity index (χ2v) is 10.7. The highest BCUT2D eigenvalue weighted by molar-refractivity contribution is 7.98. The Labute approximate surface area is 157 Å². The lowest BCUT2D eigenvalue weighted by molar-refractivity contribution is -0.322. The van der Waals surface area contributed by atoms with E-state index in [0.29, 0.717) is 0 Å². The van der Waals surface area contributed by atoms with Crippen LogP contribution in [-0.4, -0.2) is 0 Å². The van der Waals surface area contributed by atoms with E-state index in [1.807, 2.05) is 44.8 Å². The first-order valence-electron chi connectivity index (χ1n) is 8.90. The Hall–Kier alpha value is -2.37. The molecule has 0 fully saturated rings. The van der Waals surface area contributed by atoms with E-state index >= 15 is 0 Å². The highest BCUT2D eigenvalue weighted by Gasteiger charge is 2.43. The molecule has 0 N–H and O–H groups in total. The van der Waals surface area contributed by atoms with Gasteiger partial charge >= 0.3 is 0 Å². The van der Waals surface area contributed by atoms with Crippen molar-refractivity contribution in [2.24, 2.45) is 5.41 Å². The number of hydrogen-bond donors (Lipinski definition) is 0. The monoisotopic (exact) mass is 360 g/mol. The van der Waals surface area contributed by atoms with E-state index in [4.69, 9.17) is 0 Å². The summed E-state index contributed by atoms with van der Waals surface area (Å²) < 4.78 is 0. The van der Waals surface area contributed by atoms with Crippen LogP contribution in [0.25, 0.3) is 0 Å². The van der Waals surface area contributed by atoms with Gasteiger partial charge in [-0.3, -0.25) is 0 Å². The molecule has 0 heterocycles. The van der Waals surface area contributed by atoms with Crippen LogP contribution >= 0.6 is 7.26 Å². The summed E-state index contributed by atoms with van der Waals surface area (Å²) in [6.07, 6.45) is 0. The molecule has 26 heavy (non-hydrogen) atoms. The van der Waals surface area contributed by atoms with Gasteiger partial charge in [-0.2, -0.15) is 0 Å². The lowest BCUT2D eigenvalue weighted by Crippen LogP contribution is -2.32. The van der Waals surface area contributed by atoms with Crippen LogP contribution in [0.3, 0.4) is 0 Å². The van der Waals surface area contributed by atoms with Gasteiger partial charge in [0.1, 0.15) is 23.2 Å². The summed E-state index contributed by atoms with van der Waals surface area (Å²) in [5.41, 5.74) is -0.413. The summed E-state index contributed by atoms with van der Waals surface area (Å²) in [4.78, 5) is 0. The molecule has 3 rings (SSSR count).